The summed E-state index contributed by atoms with van der Waals surface area (Å²) in [7, 11) is 0. The Morgan fingerprint density at radius 3 is 2.62 bits per heavy atom. The van der Waals surface area contributed by atoms with Gasteiger partial charge in [-0.05, 0) is 80.8 Å². The standard InChI is InChI=1S/C29H28IN3O4/c1-5-32-22(12-13-26-31-21-11-10-20(17-30)16-24(21)35-26)29(34)37-28(32)9-7-8-27-33(6-2)23-14-18(3)19(4)15-25(23)36-27/h7-16H,5-6,17H2,1-4H3/p+1. The second-order valence-electron chi connectivity index (χ2n) is 8.86. The number of rotatable bonds is 6. The summed E-state index contributed by atoms with van der Waals surface area (Å²) in [6, 6.07) is 10.3. The third kappa shape index (κ3) is 4.90. The van der Waals surface area contributed by atoms with Crippen molar-refractivity contribution in [3.8, 4) is 5.75 Å². The van der Waals surface area contributed by atoms with Crippen molar-refractivity contribution in [3.05, 3.63) is 92.3 Å². The van der Waals surface area contributed by atoms with Gasteiger partial charge in [0.2, 0.25) is 11.1 Å². The highest BCUT2D eigenvalue weighted by atomic mass is 127. The van der Waals surface area contributed by atoms with E-state index in [1.807, 2.05) is 35.8 Å². The van der Waals surface area contributed by atoms with Gasteiger partial charge in [-0.2, -0.15) is 4.57 Å². The number of halogens is 1. The van der Waals surface area contributed by atoms with Crippen molar-refractivity contribution >= 4 is 57.6 Å². The molecule has 0 amide bonds. The van der Waals surface area contributed by atoms with Gasteiger partial charge in [0.15, 0.2) is 11.6 Å². The number of hydrogen-bond donors (Lipinski definition) is 1. The monoisotopic (exact) mass is 610 g/mol. The average molecular weight is 610 g/mol. The first-order chi connectivity index (χ1) is 17.9. The Labute approximate surface area is 228 Å². The highest BCUT2D eigenvalue weighted by Gasteiger charge is 2.20. The number of nitrogens with zero attached hydrogens (tertiary/aromatic N) is 2. The van der Waals surface area contributed by atoms with E-state index in [9.17, 15) is 4.79 Å². The molecule has 1 aliphatic heterocycles. The number of alkyl halides is 1. The average Bonchev–Trinajstić information content (AvgIpc) is 3.54. The number of aryl methyl sites for hydroxylation is 3. The molecule has 37 heavy (non-hydrogen) atoms. The Kier molecular flexibility index (Phi) is 7.10. The molecule has 2 aromatic heterocycles. The molecule has 4 aromatic rings. The van der Waals surface area contributed by atoms with Crippen molar-refractivity contribution in [1.82, 2.24) is 4.57 Å². The molecule has 2 aromatic carbocycles. The minimum Gasteiger partial charge on any atom is -0.439 e. The molecule has 7 nitrogen and oxygen atoms in total. The molecule has 0 aliphatic carbocycles. The van der Waals surface area contributed by atoms with Gasteiger partial charge in [0, 0.05) is 23.1 Å². The second kappa shape index (κ2) is 10.5. The first-order valence-corrected chi connectivity index (χ1v) is 13.8. The van der Waals surface area contributed by atoms with Gasteiger partial charge in [0.05, 0.1) is 11.8 Å². The Morgan fingerprint density at radius 2 is 1.86 bits per heavy atom. The molecule has 0 atom stereocenters. The van der Waals surface area contributed by atoms with Gasteiger partial charge >= 0.3 is 11.5 Å². The molecule has 5 rings (SSSR count). The molecular weight excluding hydrogens is 581 g/mol. The van der Waals surface area contributed by atoms with E-state index in [0.717, 1.165) is 39.4 Å². The first-order valence-electron chi connectivity index (χ1n) is 12.3. The van der Waals surface area contributed by atoms with Gasteiger partial charge in [-0.15, -0.1) is 0 Å². The summed E-state index contributed by atoms with van der Waals surface area (Å²) >= 11 is 2.32. The lowest BCUT2D eigenvalue weighted by atomic mass is 10.1. The highest BCUT2D eigenvalue weighted by molar-refractivity contribution is 14.1. The van der Waals surface area contributed by atoms with E-state index in [1.165, 1.54) is 16.7 Å². The molecule has 0 saturated heterocycles. The molecule has 0 bridgehead atoms. The molecule has 1 N–H and O–H groups in total. The summed E-state index contributed by atoms with van der Waals surface area (Å²) in [4.78, 5) is 12.7. The van der Waals surface area contributed by atoms with Crippen molar-refractivity contribution in [2.24, 2.45) is 0 Å². The number of nitrogens with one attached hydrogen (secondary N) is 1. The Hall–Kier alpha value is -3.53. The van der Waals surface area contributed by atoms with Gasteiger partial charge in [-0.1, -0.05) is 28.7 Å². The van der Waals surface area contributed by atoms with Gasteiger partial charge in [-0.25, -0.2) is 4.79 Å². The van der Waals surface area contributed by atoms with Crippen molar-refractivity contribution in [2.75, 3.05) is 5.32 Å². The lowest BCUT2D eigenvalue weighted by Gasteiger charge is -1.98. The number of aromatic nitrogens is 2. The largest absolute Gasteiger partial charge is 0.439 e. The van der Waals surface area contributed by atoms with Gasteiger partial charge < -0.3 is 23.5 Å². The quantitative estimate of drug-likeness (QED) is 0.195. The number of oxazole rings is 2. The molecule has 0 saturated carbocycles. The second-order valence-corrected chi connectivity index (χ2v) is 9.62. The van der Waals surface area contributed by atoms with Crippen LogP contribution in [0.2, 0.25) is 0 Å². The molecule has 0 unspecified atom stereocenters. The number of fused-ring (bicyclic) bond motifs is 2. The number of hydrogen-bond acceptors (Lipinski definition) is 5. The maximum absolute atomic E-state index is 12.7. The van der Waals surface area contributed by atoms with Gasteiger partial charge in [0.1, 0.15) is 11.9 Å². The van der Waals surface area contributed by atoms with Crippen LogP contribution in [-0.2, 0) is 17.5 Å². The number of ether oxygens (including phenoxy) is 1. The van der Waals surface area contributed by atoms with Crippen LogP contribution in [0.15, 0.2) is 62.0 Å². The van der Waals surface area contributed by atoms with Gasteiger partial charge in [0.25, 0.3) is 5.52 Å². The van der Waals surface area contributed by atoms with Crippen LogP contribution >= 0.6 is 22.6 Å². The summed E-state index contributed by atoms with van der Waals surface area (Å²) < 4.78 is 22.5. The SMILES string of the molecule is CCn1c(=CC=Cc2oc3cc(C)c(C)cc3[n+]2CC)oc(=O)c1=CC=C1Nc2ccc(CI)cc2O1. The van der Waals surface area contributed by atoms with Crippen molar-refractivity contribution in [1.29, 1.82) is 0 Å². The maximum atomic E-state index is 12.7. The van der Waals surface area contributed by atoms with Crippen LogP contribution in [0.3, 0.4) is 0 Å². The van der Waals surface area contributed by atoms with E-state index in [1.54, 1.807) is 18.2 Å². The van der Waals surface area contributed by atoms with Crippen LogP contribution in [0.4, 0.5) is 5.69 Å². The zero-order valence-corrected chi connectivity index (χ0v) is 23.5. The molecule has 0 spiro atoms. The van der Waals surface area contributed by atoms with E-state index in [0.29, 0.717) is 23.3 Å². The fourth-order valence-electron chi connectivity index (χ4n) is 4.40. The predicted octanol–water partition coefficient (Wildman–Crippen LogP) is 4.69. The fourth-order valence-corrected chi connectivity index (χ4v) is 4.88. The van der Waals surface area contributed by atoms with Crippen molar-refractivity contribution < 1.29 is 18.1 Å². The van der Waals surface area contributed by atoms with Crippen LogP contribution in [0, 0.1) is 13.8 Å². The van der Waals surface area contributed by atoms with E-state index in [-0.39, 0.29) is 0 Å². The lowest BCUT2D eigenvalue weighted by molar-refractivity contribution is -0.674. The molecule has 190 valence electrons. The lowest BCUT2D eigenvalue weighted by Crippen LogP contribution is -2.33. The molecule has 3 heterocycles. The summed E-state index contributed by atoms with van der Waals surface area (Å²) in [6.07, 6.45) is 9.00. The summed E-state index contributed by atoms with van der Waals surface area (Å²) in [6.45, 7) is 9.60. The van der Waals surface area contributed by atoms with Crippen LogP contribution in [0.5, 0.6) is 5.75 Å². The van der Waals surface area contributed by atoms with Crippen molar-refractivity contribution in [3.63, 3.8) is 0 Å². The molecule has 0 fully saturated rings. The number of benzene rings is 2. The van der Waals surface area contributed by atoms with E-state index >= 15 is 0 Å². The Bertz CT molecular complexity index is 1740. The molecule has 8 heteroatoms. The zero-order valence-electron chi connectivity index (χ0n) is 21.3. The number of anilines is 1. The Balaban J connectivity index is 1.46. The van der Waals surface area contributed by atoms with E-state index < -0.39 is 5.63 Å². The third-order valence-electron chi connectivity index (χ3n) is 6.49. The van der Waals surface area contributed by atoms with Crippen LogP contribution in [0.1, 0.15) is 36.4 Å². The minimum absolute atomic E-state index is 0.403. The fraction of sp³-hybridized carbons (Fsp3) is 0.241. The summed E-state index contributed by atoms with van der Waals surface area (Å²) in [5.74, 6) is 2.09. The molecule has 0 radical (unpaired) electrons. The highest BCUT2D eigenvalue weighted by Crippen LogP contribution is 2.34. The van der Waals surface area contributed by atoms with Crippen LogP contribution in [0.25, 0.3) is 29.3 Å². The smallest absolute Gasteiger partial charge is 0.374 e. The summed E-state index contributed by atoms with van der Waals surface area (Å²) in [5.41, 5.74) is 6.51. The first kappa shape index (κ1) is 25.1. The third-order valence-corrected chi connectivity index (χ3v) is 7.37. The van der Waals surface area contributed by atoms with Crippen LogP contribution < -0.4 is 31.1 Å². The van der Waals surface area contributed by atoms with Crippen molar-refractivity contribution in [2.45, 2.75) is 45.2 Å². The van der Waals surface area contributed by atoms with Crippen LogP contribution in [-0.4, -0.2) is 4.57 Å². The van der Waals surface area contributed by atoms with E-state index in [4.69, 9.17) is 13.6 Å². The minimum atomic E-state index is -0.403. The zero-order chi connectivity index (χ0) is 26.1. The topological polar surface area (TPSA) is 73.4 Å². The molecular formula is C29H29IN3O4+. The molecule has 1 aliphatic rings. The summed E-state index contributed by atoms with van der Waals surface area (Å²) in [5, 5.41) is 3.68. The number of allylic oxidation sites excluding steroid dienone is 2. The normalized spacial score (nSPS) is 15.2. The Morgan fingerprint density at radius 1 is 1.05 bits per heavy atom. The van der Waals surface area contributed by atoms with E-state index in [2.05, 4.69) is 71.4 Å². The predicted molar refractivity (Wildman–Crippen MR) is 154 cm³/mol. The maximum Gasteiger partial charge on any atom is 0.374 e. The van der Waals surface area contributed by atoms with Gasteiger partial charge in [-0.3, -0.25) is 0 Å².